The van der Waals surface area contributed by atoms with Gasteiger partial charge in [-0.05, 0) is 66.6 Å². The highest BCUT2D eigenvalue weighted by Gasteiger charge is 2.43. The maximum absolute atomic E-state index is 13.8. The molecule has 1 amide bonds. The van der Waals surface area contributed by atoms with Crippen molar-refractivity contribution in [3.63, 3.8) is 0 Å². The highest BCUT2D eigenvalue weighted by Crippen LogP contribution is 2.41. The molecule has 6 rings (SSSR count). The average Bonchev–Trinajstić information content (AvgIpc) is 3.21. The van der Waals surface area contributed by atoms with E-state index < -0.39 is 6.04 Å². The highest BCUT2D eigenvalue weighted by atomic mass is 79.9. The third-order valence-corrected chi connectivity index (χ3v) is 7.10. The van der Waals surface area contributed by atoms with Crippen LogP contribution < -0.4 is 15.1 Å². The molecule has 0 radical (unpaired) electrons. The van der Waals surface area contributed by atoms with Crippen LogP contribution in [0.25, 0.3) is 11.0 Å². The number of carbonyl (C=O) groups is 1. The van der Waals surface area contributed by atoms with Crippen molar-refractivity contribution < 1.29 is 13.9 Å². The summed E-state index contributed by atoms with van der Waals surface area (Å²) < 4.78 is 12.9. The molecule has 0 spiro atoms. The number of rotatable bonds is 5. The first kappa shape index (κ1) is 23.3. The second-order valence-corrected chi connectivity index (χ2v) is 9.99. The van der Waals surface area contributed by atoms with Gasteiger partial charge in [0.05, 0.1) is 17.0 Å². The summed E-state index contributed by atoms with van der Waals surface area (Å²) in [5.74, 6) is 0.443. The van der Waals surface area contributed by atoms with E-state index in [1.165, 1.54) is 0 Å². The van der Waals surface area contributed by atoms with E-state index in [0.717, 1.165) is 21.2 Å². The van der Waals surface area contributed by atoms with Crippen molar-refractivity contribution in [3.8, 4) is 5.75 Å². The summed E-state index contributed by atoms with van der Waals surface area (Å²) in [7, 11) is 0. The smallest absolute Gasteiger partial charge is 0.295 e. The van der Waals surface area contributed by atoms with Crippen molar-refractivity contribution in [2.24, 2.45) is 0 Å². The molecule has 1 aliphatic heterocycles. The van der Waals surface area contributed by atoms with Crippen LogP contribution in [0.4, 0.5) is 5.69 Å². The lowest BCUT2D eigenvalue weighted by Gasteiger charge is -2.25. The van der Waals surface area contributed by atoms with E-state index in [2.05, 4.69) is 15.9 Å². The molecule has 6 heteroatoms. The summed E-state index contributed by atoms with van der Waals surface area (Å²) in [6.45, 7) is 2.38. The standard InChI is InChI=1S/C31H22BrNO4/c1-19-7-16-26-25(17-19)29(34)27-28(33(31(35)30(27)37-26)23-12-10-22(32)11-13-23)21-8-14-24(15-9-21)36-18-20-5-3-2-4-6-20/h2-17,28H,18H2,1H3. The number of nitrogens with zero attached hydrogens (tertiary/aromatic N) is 1. The number of anilines is 1. The molecule has 0 fully saturated rings. The van der Waals surface area contributed by atoms with Crippen molar-refractivity contribution in [2.45, 2.75) is 19.6 Å². The summed E-state index contributed by atoms with van der Waals surface area (Å²) >= 11 is 3.46. The summed E-state index contributed by atoms with van der Waals surface area (Å²) in [4.78, 5) is 29.1. The topological polar surface area (TPSA) is 59.8 Å². The molecular weight excluding hydrogens is 530 g/mol. The van der Waals surface area contributed by atoms with Crippen LogP contribution in [0.5, 0.6) is 5.75 Å². The molecule has 5 aromatic rings. The molecule has 37 heavy (non-hydrogen) atoms. The van der Waals surface area contributed by atoms with Gasteiger partial charge in [0.1, 0.15) is 17.9 Å². The van der Waals surface area contributed by atoms with Gasteiger partial charge in [-0.3, -0.25) is 14.5 Å². The quantitative estimate of drug-likeness (QED) is 0.232. The van der Waals surface area contributed by atoms with Crippen molar-refractivity contribution in [1.82, 2.24) is 0 Å². The van der Waals surface area contributed by atoms with Crippen LogP contribution in [-0.2, 0) is 6.61 Å². The van der Waals surface area contributed by atoms with E-state index in [4.69, 9.17) is 9.15 Å². The monoisotopic (exact) mass is 551 g/mol. The Kier molecular flexibility index (Phi) is 5.89. The Morgan fingerprint density at radius 1 is 0.892 bits per heavy atom. The fourth-order valence-corrected chi connectivity index (χ4v) is 5.02. The fraction of sp³-hybridized carbons (Fsp3) is 0.0968. The van der Waals surface area contributed by atoms with E-state index in [1.807, 2.05) is 97.9 Å². The molecule has 0 aliphatic carbocycles. The third-order valence-electron chi connectivity index (χ3n) is 6.57. The van der Waals surface area contributed by atoms with Gasteiger partial charge >= 0.3 is 0 Å². The summed E-state index contributed by atoms with van der Waals surface area (Å²) in [6.07, 6.45) is 0. The largest absolute Gasteiger partial charge is 0.489 e. The summed E-state index contributed by atoms with van der Waals surface area (Å²) in [5, 5.41) is 0.469. The molecule has 1 aliphatic rings. The number of amides is 1. The number of hydrogen-bond donors (Lipinski definition) is 0. The predicted molar refractivity (Wildman–Crippen MR) is 147 cm³/mol. The third kappa shape index (κ3) is 4.23. The molecule has 0 bridgehead atoms. The van der Waals surface area contributed by atoms with Gasteiger partial charge in [-0.2, -0.15) is 0 Å². The molecular formula is C31H22BrNO4. The van der Waals surface area contributed by atoms with Crippen LogP contribution in [0.15, 0.2) is 111 Å². The van der Waals surface area contributed by atoms with Gasteiger partial charge in [-0.15, -0.1) is 0 Å². The minimum Gasteiger partial charge on any atom is -0.489 e. The SMILES string of the molecule is Cc1ccc2oc3c(c(=O)c2c1)C(c1ccc(OCc2ccccc2)cc1)N(c1ccc(Br)cc1)C3=O. The van der Waals surface area contributed by atoms with E-state index in [1.54, 1.807) is 11.0 Å². The van der Waals surface area contributed by atoms with E-state index >= 15 is 0 Å². The van der Waals surface area contributed by atoms with Crippen molar-refractivity contribution in [3.05, 3.63) is 140 Å². The zero-order valence-electron chi connectivity index (χ0n) is 20.0. The van der Waals surface area contributed by atoms with Crippen molar-refractivity contribution in [2.75, 3.05) is 4.90 Å². The minimum atomic E-state index is -0.631. The normalized spacial score (nSPS) is 14.7. The van der Waals surface area contributed by atoms with Gasteiger partial charge < -0.3 is 9.15 Å². The lowest BCUT2D eigenvalue weighted by atomic mass is 9.98. The first-order valence-electron chi connectivity index (χ1n) is 11.9. The first-order chi connectivity index (χ1) is 18.0. The predicted octanol–water partition coefficient (Wildman–Crippen LogP) is 7.19. The zero-order chi connectivity index (χ0) is 25.5. The average molecular weight is 552 g/mol. The fourth-order valence-electron chi connectivity index (χ4n) is 4.76. The Bertz CT molecular complexity index is 1680. The molecule has 0 saturated heterocycles. The van der Waals surface area contributed by atoms with Gasteiger partial charge in [0.25, 0.3) is 5.91 Å². The lowest BCUT2D eigenvalue weighted by Crippen LogP contribution is -2.29. The van der Waals surface area contributed by atoms with Gasteiger partial charge in [0.15, 0.2) is 5.43 Å². The molecule has 4 aromatic carbocycles. The maximum Gasteiger partial charge on any atom is 0.295 e. The Balaban J connectivity index is 1.44. The molecule has 1 aromatic heterocycles. The second-order valence-electron chi connectivity index (χ2n) is 9.07. The molecule has 182 valence electrons. The van der Waals surface area contributed by atoms with Crippen molar-refractivity contribution >= 4 is 38.5 Å². The Morgan fingerprint density at radius 2 is 1.62 bits per heavy atom. The minimum absolute atomic E-state index is 0.0821. The maximum atomic E-state index is 13.8. The Labute approximate surface area is 222 Å². The number of fused-ring (bicyclic) bond motifs is 2. The number of hydrogen-bond acceptors (Lipinski definition) is 4. The molecule has 0 N–H and O–H groups in total. The van der Waals surface area contributed by atoms with Crippen LogP contribution in [0, 0.1) is 6.92 Å². The van der Waals surface area contributed by atoms with Crippen LogP contribution in [0.1, 0.15) is 38.9 Å². The number of ether oxygens (including phenoxy) is 1. The molecule has 0 saturated carbocycles. The number of benzene rings is 4. The highest BCUT2D eigenvalue weighted by molar-refractivity contribution is 9.10. The van der Waals surface area contributed by atoms with Crippen molar-refractivity contribution in [1.29, 1.82) is 0 Å². The number of carbonyl (C=O) groups excluding carboxylic acids is 1. The summed E-state index contributed by atoms with van der Waals surface area (Å²) in [6, 6.07) is 29.7. The van der Waals surface area contributed by atoms with E-state index in [9.17, 15) is 9.59 Å². The van der Waals surface area contributed by atoms with Crippen LogP contribution in [0.3, 0.4) is 0 Å². The van der Waals surface area contributed by atoms with Crippen LogP contribution in [-0.4, -0.2) is 5.91 Å². The first-order valence-corrected chi connectivity index (χ1v) is 12.7. The van der Waals surface area contributed by atoms with Gasteiger partial charge in [0, 0.05) is 10.2 Å². The van der Waals surface area contributed by atoms with Crippen LogP contribution in [0.2, 0.25) is 0 Å². The molecule has 2 heterocycles. The van der Waals surface area contributed by atoms with E-state index in [0.29, 0.717) is 34.6 Å². The van der Waals surface area contributed by atoms with Gasteiger partial charge in [0.2, 0.25) is 5.76 Å². The number of halogens is 1. The number of aryl methyl sites for hydroxylation is 1. The van der Waals surface area contributed by atoms with Gasteiger partial charge in [-0.1, -0.05) is 70.0 Å². The molecule has 5 nitrogen and oxygen atoms in total. The second kappa shape index (κ2) is 9.37. The zero-order valence-corrected chi connectivity index (χ0v) is 21.6. The summed E-state index contributed by atoms with van der Waals surface area (Å²) in [5.41, 5.74) is 4.05. The molecule has 1 unspecified atom stereocenters. The van der Waals surface area contributed by atoms with Crippen LogP contribution >= 0.6 is 15.9 Å². The Hall–Kier alpha value is -4.16. The van der Waals surface area contributed by atoms with Gasteiger partial charge in [-0.25, -0.2) is 0 Å². The Morgan fingerprint density at radius 3 is 2.35 bits per heavy atom. The lowest BCUT2D eigenvalue weighted by molar-refractivity contribution is 0.0971. The molecule has 1 atom stereocenters. The van der Waals surface area contributed by atoms with E-state index in [-0.39, 0.29) is 17.1 Å².